The maximum Gasteiger partial charge on any atom is 0.347 e. The molecule has 0 bridgehead atoms. The minimum Gasteiger partial charge on any atom is -0.497 e. The van der Waals surface area contributed by atoms with Crippen LogP contribution < -0.4 is 10.4 Å². The Morgan fingerprint density at radius 3 is 2.78 bits per heavy atom. The van der Waals surface area contributed by atoms with Crippen molar-refractivity contribution in [2.75, 3.05) is 40.0 Å². The van der Waals surface area contributed by atoms with Crippen LogP contribution in [-0.2, 0) is 4.74 Å². The summed E-state index contributed by atoms with van der Waals surface area (Å²) in [4.78, 5) is 26.6. The first-order valence-corrected chi connectivity index (χ1v) is 7.62. The monoisotopic (exact) mass is 317 g/mol. The van der Waals surface area contributed by atoms with Crippen LogP contribution in [0, 0.1) is 0 Å². The first kappa shape index (κ1) is 15.7. The van der Waals surface area contributed by atoms with Gasteiger partial charge < -0.3 is 13.9 Å². The average molecular weight is 317 g/mol. The van der Waals surface area contributed by atoms with E-state index < -0.39 is 5.63 Å². The highest BCUT2D eigenvalue weighted by atomic mass is 16.5. The zero-order valence-electron chi connectivity index (χ0n) is 13.0. The van der Waals surface area contributed by atoms with Crippen LogP contribution in [0.25, 0.3) is 11.0 Å². The Morgan fingerprint density at radius 2 is 2.04 bits per heavy atom. The van der Waals surface area contributed by atoms with Gasteiger partial charge in [-0.2, -0.15) is 0 Å². The molecule has 0 unspecified atom stereocenters. The fourth-order valence-corrected chi connectivity index (χ4v) is 2.63. The second-order valence-corrected chi connectivity index (χ2v) is 5.48. The number of benzene rings is 1. The molecule has 0 N–H and O–H groups in total. The summed E-state index contributed by atoms with van der Waals surface area (Å²) in [6.07, 6.45) is 0.298. The number of hydrogen-bond donors (Lipinski definition) is 0. The highest BCUT2D eigenvalue weighted by Gasteiger charge is 2.17. The molecule has 1 aromatic heterocycles. The molecule has 0 amide bonds. The first-order chi connectivity index (χ1) is 11.2. The zero-order chi connectivity index (χ0) is 16.2. The molecule has 2 aromatic rings. The van der Waals surface area contributed by atoms with Gasteiger partial charge in [0.1, 0.15) is 16.9 Å². The Balaban J connectivity index is 1.77. The highest BCUT2D eigenvalue weighted by Crippen LogP contribution is 2.20. The van der Waals surface area contributed by atoms with E-state index in [2.05, 4.69) is 4.90 Å². The van der Waals surface area contributed by atoms with Crippen molar-refractivity contribution >= 4 is 16.8 Å². The molecule has 0 spiro atoms. The molecule has 23 heavy (non-hydrogen) atoms. The largest absolute Gasteiger partial charge is 0.497 e. The number of Topliss-reactive ketones (excluding diaryl/α,β-unsaturated/α-hetero) is 1. The normalized spacial score (nSPS) is 15.7. The molecule has 122 valence electrons. The van der Waals surface area contributed by atoms with Gasteiger partial charge in [-0.3, -0.25) is 9.69 Å². The van der Waals surface area contributed by atoms with Crippen LogP contribution >= 0.6 is 0 Å². The van der Waals surface area contributed by atoms with Crippen molar-refractivity contribution in [2.24, 2.45) is 0 Å². The molecule has 2 heterocycles. The molecular formula is C17H19NO5. The summed E-state index contributed by atoms with van der Waals surface area (Å²) in [6.45, 7) is 3.64. The number of rotatable bonds is 5. The SMILES string of the molecule is COc1ccc2cc(C(=O)CCN3CCOCC3)c(=O)oc2c1. The molecule has 1 saturated heterocycles. The average Bonchev–Trinajstić information content (AvgIpc) is 2.59. The number of carbonyl (C=O) groups is 1. The van der Waals surface area contributed by atoms with Gasteiger partial charge in [0.15, 0.2) is 5.78 Å². The molecule has 1 fully saturated rings. The van der Waals surface area contributed by atoms with Gasteiger partial charge in [-0.1, -0.05) is 0 Å². The van der Waals surface area contributed by atoms with Gasteiger partial charge >= 0.3 is 5.63 Å². The van der Waals surface area contributed by atoms with Gasteiger partial charge in [-0.05, 0) is 18.2 Å². The van der Waals surface area contributed by atoms with Gasteiger partial charge in [0.2, 0.25) is 0 Å². The zero-order valence-corrected chi connectivity index (χ0v) is 13.0. The van der Waals surface area contributed by atoms with Crippen LogP contribution in [0.2, 0.25) is 0 Å². The number of hydrogen-bond acceptors (Lipinski definition) is 6. The lowest BCUT2D eigenvalue weighted by Crippen LogP contribution is -2.37. The second-order valence-electron chi connectivity index (χ2n) is 5.48. The number of methoxy groups -OCH3 is 1. The Kier molecular flexibility index (Phi) is 4.73. The highest BCUT2D eigenvalue weighted by molar-refractivity contribution is 5.98. The van der Waals surface area contributed by atoms with Crippen molar-refractivity contribution in [3.63, 3.8) is 0 Å². The van der Waals surface area contributed by atoms with E-state index in [-0.39, 0.29) is 11.3 Å². The number of carbonyl (C=O) groups excluding carboxylic acids is 1. The number of fused-ring (bicyclic) bond motifs is 1. The summed E-state index contributed by atoms with van der Waals surface area (Å²) in [6, 6.07) is 6.78. The van der Waals surface area contributed by atoms with Gasteiger partial charge in [0.05, 0.1) is 20.3 Å². The van der Waals surface area contributed by atoms with E-state index in [1.165, 1.54) is 0 Å². The maximum absolute atomic E-state index is 12.3. The third kappa shape index (κ3) is 3.60. The van der Waals surface area contributed by atoms with Gasteiger partial charge in [0.25, 0.3) is 0 Å². The van der Waals surface area contributed by atoms with E-state index in [1.807, 2.05) is 0 Å². The van der Waals surface area contributed by atoms with Crippen molar-refractivity contribution in [1.82, 2.24) is 4.90 Å². The summed E-state index contributed by atoms with van der Waals surface area (Å²) in [5, 5.41) is 0.708. The van der Waals surface area contributed by atoms with E-state index in [1.54, 1.807) is 31.4 Å². The molecule has 1 aromatic carbocycles. The predicted molar refractivity (Wildman–Crippen MR) is 85.2 cm³/mol. The van der Waals surface area contributed by atoms with Crippen LogP contribution in [0.3, 0.4) is 0 Å². The van der Waals surface area contributed by atoms with E-state index in [9.17, 15) is 9.59 Å². The number of nitrogens with zero attached hydrogens (tertiary/aromatic N) is 1. The molecule has 0 aliphatic carbocycles. The molecule has 0 radical (unpaired) electrons. The summed E-state index contributed by atoms with van der Waals surface area (Å²) in [7, 11) is 1.54. The molecule has 0 saturated carbocycles. The van der Waals surface area contributed by atoms with Crippen LogP contribution in [-0.4, -0.2) is 50.6 Å². The Labute approximate surface area is 133 Å². The molecule has 0 atom stereocenters. The van der Waals surface area contributed by atoms with Crippen molar-refractivity contribution in [3.8, 4) is 5.75 Å². The van der Waals surface area contributed by atoms with Crippen LogP contribution in [0.15, 0.2) is 33.5 Å². The Bertz CT molecular complexity index is 761. The topological polar surface area (TPSA) is 69.0 Å². The van der Waals surface area contributed by atoms with Crippen molar-refractivity contribution in [2.45, 2.75) is 6.42 Å². The molecule has 6 nitrogen and oxygen atoms in total. The minimum atomic E-state index is -0.599. The Hall–Kier alpha value is -2.18. The van der Waals surface area contributed by atoms with Gasteiger partial charge in [-0.25, -0.2) is 4.79 Å². The lowest BCUT2D eigenvalue weighted by Gasteiger charge is -2.26. The molecule has 1 aliphatic heterocycles. The third-order valence-corrected chi connectivity index (χ3v) is 4.00. The lowest BCUT2D eigenvalue weighted by atomic mass is 10.1. The van der Waals surface area contributed by atoms with Gasteiger partial charge in [-0.15, -0.1) is 0 Å². The van der Waals surface area contributed by atoms with E-state index in [0.717, 1.165) is 13.1 Å². The molecule has 6 heteroatoms. The van der Waals surface area contributed by atoms with Crippen LogP contribution in [0.4, 0.5) is 0 Å². The second kappa shape index (κ2) is 6.93. The maximum atomic E-state index is 12.3. The van der Waals surface area contributed by atoms with E-state index in [0.29, 0.717) is 42.9 Å². The number of ketones is 1. The Morgan fingerprint density at radius 1 is 1.26 bits per heavy atom. The molecule has 3 rings (SSSR count). The standard InChI is InChI=1S/C17H19NO5/c1-21-13-3-2-12-10-14(17(20)23-16(12)11-13)15(19)4-5-18-6-8-22-9-7-18/h2-3,10-11H,4-9H2,1H3. The first-order valence-electron chi connectivity index (χ1n) is 7.62. The van der Waals surface area contributed by atoms with Gasteiger partial charge in [0, 0.05) is 37.5 Å². The molecule has 1 aliphatic rings. The fraction of sp³-hybridized carbons (Fsp3) is 0.412. The number of ether oxygens (including phenoxy) is 2. The third-order valence-electron chi connectivity index (χ3n) is 4.00. The predicted octanol–water partition coefficient (Wildman–Crippen LogP) is 1.71. The van der Waals surface area contributed by atoms with Crippen molar-refractivity contribution in [3.05, 3.63) is 40.2 Å². The van der Waals surface area contributed by atoms with Crippen LogP contribution in [0.1, 0.15) is 16.8 Å². The van der Waals surface area contributed by atoms with E-state index >= 15 is 0 Å². The minimum absolute atomic E-state index is 0.107. The summed E-state index contributed by atoms with van der Waals surface area (Å²) in [5.74, 6) is 0.412. The van der Waals surface area contributed by atoms with Crippen molar-refractivity contribution in [1.29, 1.82) is 0 Å². The lowest BCUT2D eigenvalue weighted by molar-refractivity contribution is 0.0370. The summed E-state index contributed by atoms with van der Waals surface area (Å²) in [5.41, 5.74) is -0.0762. The summed E-state index contributed by atoms with van der Waals surface area (Å²) >= 11 is 0. The van der Waals surface area contributed by atoms with Crippen molar-refractivity contribution < 1.29 is 18.7 Å². The van der Waals surface area contributed by atoms with Crippen LogP contribution in [0.5, 0.6) is 5.75 Å². The van der Waals surface area contributed by atoms with E-state index in [4.69, 9.17) is 13.9 Å². The molecular weight excluding hydrogens is 298 g/mol. The summed E-state index contributed by atoms with van der Waals surface area (Å²) < 4.78 is 15.6. The fourth-order valence-electron chi connectivity index (χ4n) is 2.63. The smallest absolute Gasteiger partial charge is 0.347 e. The number of morpholine rings is 1. The quantitative estimate of drug-likeness (QED) is 0.618.